The number of nitrogens with zero attached hydrogens (tertiary/aromatic N) is 1. The first-order valence-electron chi connectivity index (χ1n) is 4.20. The molecular weight excluding hydrogens is 203 g/mol. The van der Waals surface area contributed by atoms with E-state index < -0.39 is 12.7 Å². The Kier molecular flexibility index (Phi) is 5.72. The molecule has 0 saturated heterocycles. The molecule has 0 unspecified atom stereocenters. The van der Waals surface area contributed by atoms with Crippen molar-refractivity contribution in [2.24, 2.45) is 5.92 Å². The Hall–Kier alpha value is 0.0400. The molecule has 0 spiro atoms. The monoisotopic (exact) mass is 217 g/mol. The molecule has 0 radical (unpaired) electrons. The molecule has 0 aliphatic heterocycles. The van der Waals surface area contributed by atoms with E-state index in [0.717, 1.165) is 0 Å². The quantitative estimate of drug-likeness (QED) is 0.640. The summed E-state index contributed by atoms with van der Waals surface area (Å²) >= 11 is 5.40. The van der Waals surface area contributed by atoms with E-state index in [0.29, 0.717) is 13.1 Å². The molecule has 0 aromatic heterocycles. The summed E-state index contributed by atoms with van der Waals surface area (Å²) in [5, 5.41) is 0. The lowest BCUT2D eigenvalue weighted by molar-refractivity contribution is -0.146. The molecule has 0 amide bonds. The lowest BCUT2D eigenvalue weighted by atomic mass is 10.2. The van der Waals surface area contributed by atoms with Crippen LogP contribution in [0.25, 0.3) is 0 Å². The van der Waals surface area contributed by atoms with E-state index in [1.165, 1.54) is 4.90 Å². The molecule has 0 bridgehead atoms. The van der Waals surface area contributed by atoms with Crippen LogP contribution in [-0.2, 0) is 0 Å². The molecule has 1 nitrogen and oxygen atoms in total. The van der Waals surface area contributed by atoms with Gasteiger partial charge in [0.2, 0.25) is 0 Å². The van der Waals surface area contributed by atoms with Crippen molar-refractivity contribution < 1.29 is 13.2 Å². The Balaban J connectivity index is 3.94. The molecule has 5 heteroatoms. The Morgan fingerprint density at radius 3 is 2.15 bits per heavy atom. The van der Waals surface area contributed by atoms with E-state index in [1.54, 1.807) is 0 Å². The van der Waals surface area contributed by atoms with E-state index >= 15 is 0 Å². The van der Waals surface area contributed by atoms with E-state index in [1.807, 2.05) is 13.8 Å². The van der Waals surface area contributed by atoms with Crippen LogP contribution < -0.4 is 0 Å². The third kappa shape index (κ3) is 8.37. The number of hydrogen-bond acceptors (Lipinski definition) is 1. The molecular formula is C8H15ClF3N. The second-order valence-electron chi connectivity index (χ2n) is 3.43. The molecule has 80 valence electrons. The SMILES string of the molecule is CC(C)CN(CCCl)CC(F)(F)F. The van der Waals surface area contributed by atoms with Gasteiger partial charge in [0.1, 0.15) is 0 Å². The summed E-state index contributed by atoms with van der Waals surface area (Å²) in [6.07, 6.45) is -4.12. The van der Waals surface area contributed by atoms with Gasteiger partial charge in [0, 0.05) is 19.0 Å². The van der Waals surface area contributed by atoms with Crippen LogP contribution in [0.2, 0.25) is 0 Å². The second-order valence-corrected chi connectivity index (χ2v) is 3.81. The van der Waals surface area contributed by atoms with E-state index in [2.05, 4.69) is 0 Å². The molecule has 13 heavy (non-hydrogen) atoms. The number of halogens is 4. The molecule has 0 aromatic rings. The number of rotatable bonds is 5. The minimum atomic E-state index is -4.12. The van der Waals surface area contributed by atoms with Crippen LogP contribution in [0.3, 0.4) is 0 Å². The average molecular weight is 218 g/mol. The van der Waals surface area contributed by atoms with Gasteiger partial charge < -0.3 is 0 Å². The molecule has 0 aliphatic carbocycles. The van der Waals surface area contributed by atoms with Gasteiger partial charge in [0.05, 0.1) is 6.54 Å². The fourth-order valence-electron chi connectivity index (χ4n) is 1.12. The zero-order valence-electron chi connectivity index (χ0n) is 7.86. The third-order valence-corrected chi connectivity index (χ3v) is 1.60. The van der Waals surface area contributed by atoms with Gasteiger partial charge >= 0.3 is 6.18 Å². The topological polar surface area (TPSA) is 3.24 Å². The third-order valence-electron chi connectivity index (χ3n) is 1.43. The Labute approximate surface area is 81.9 Å². The smallest absolute Gasteiger partial charge is 0.294 e. The lowest BCUT2D eigenvalue weighted by Crippen LogP contribution is -2.37. The van der Waals surface area contributed by atoms with Gasteiger partial charge in [-0.3, -0.25) is 4.90 Å². The van der Waals surface area contributed by atoms with Gasteiger partial charge in [-0.25, -0.2) is 0 Å². The minimum Gasteiger partial charge on any atom is -0.294 e. The van der Waals surface area contributed by atoms with Crippen molar-refractivity contribution in [1.29, 1.82) is 0 Å². The first kappa shape index (κ1) is 13.0. The maximum absolute atomic E-state index is 12.0. The highest BCUT2D eigenvalue weighted by molar-refractivity contribution is 6.18. The van der Waals surface area contributed by atoms with Gasteiger partial charge in [0.25, 0.3) is 0 Å². The van der Waals surface area contributed by atoms with Crippen LogP contribution in [0, 0.1) is 5.92 Å². The maximum atomic E-state index is 12.0. The molecule has 0 heterocycles. The fourth-order valence-corrected chi connectivity index (χ4v) is 1.36. The predicted molar refractivity (Wildman–Crippen MR) is 48.1 cm³/mol. The summed E-state index contributed by atoms with van der Waals surface area (Å²) in [5.41, 5.74) is 0. The van der Waals surface area contributed by atoms with Crippen molar-refractivity contribution in [2.75, 3.05) is 25.5 Å². The van der Waals surface area contributed by atoms with Crippen LogP contribution >= 0.6 is 11.6 Å². The first-order valence-corrected chi connectivity index (χ1v) is 4.73. The first-order chi connectivity index (χ1) is 5.85. The Bertz CT molecular complexity index is 136. The standard InChI is InChI=1S/C8H15ClF3N/c1-7(2)5-13(4-3-9)6-8(10,11)12/h7H,3-6H2,1-2H3. The zero-order chi connectivity index (χ0) is 10.5. The van der Waals surface area contributed by atoms with E-state index in [-0.39, 0.29) is 11.8 Å². The van der Waals surface area contributed by atoms with Gasteiger partial charge in [-0.2, -0.15) is 13.2 Å². The van der Waals surface area contributed by atoms with Gasteiger partial charge in [-0.1, -0.05) is 13.8 Å². The molecule has 0 rings (SSSR count). The molecule has 0 aliphatic rings. The second kappa shape index (κ2) is 5.70. The highest BCUT2D eigenvalue weighted by atomic mass is 35.5. The van der Waals surface area contributed by atoms with Crippen molar-refractivity contribution in [1.82, 2.24) is 4.90 Å². The number of hydrogen-bond donors (Lipinski definition) is 0. The largest absolute Gasteiger partial charge is 0.401 e. The Morgan fingerprint density at radius 2 is 1.85 bits per heavy atom. The van der Waals surface area contributed by atoms with Crippen molar-refractivity contribution in [2.45, 2.75) is 20.0 Å². The van der Waals surface area contributed by atoms with Crippen molar-refractivity contribution in [3.63, 3.8) is 0 Å². The van der Waals surface area contributed by atoms with Crippen molar-refractivity contribution >= 4 is 11.6 Å². The molecule has 0 fully saturated rings. The van der Waals surface area contributed by atoms with Gasteiger partial charge in [-0.05, 0) is 5.92 Å². The summed E-state index contributed by atoms with van der Waals surface area (Å²) in [5.74, 6) is 0.466. The van der Waals surface area contributed by atoms with Gasteiger partial charge in [-0.15, -0.1) is 11.6 Å². The zero-order valence-corrected chi connectivity index (χ0v) is 8.62. The van der Waals surface area contributed by atoms with Gasteiger partial charge in [0.15, 0.2) is 0 Å². The summed E-state index contributed by atoms with van der Waals surface area (Å²) < 4.78 is 36.0. The minimum absolute atomic E-state index is 0.227. The summed E-state index contributed by atoms with van der Waals surface area (Å²) in [4.78, 5) is 1.33. The Morgan fingerprint density at radius 1 is 1.31 bits per heavy atom. The highest BCUT2D eigenvalue weighted by Gasteiger charge is 2.30. The maximum Gasteiger partial charge on any atom is 0.401 e. The van der Waals surface area contributed by atoms with E-state index in [9.17, 15) is 13.2 Å². The van der Waals surface area contributed by atoms with Crippen molar-refractivity contribution in [3.05, 3.63) is 0 Å². The lowest BCUT2D eigenvalue weighted by Gasteiger charge is -2.24. The average Bonchev–Trinajstić information content (AvgIpc) is 1.81. The van der Waals surface area contributed by atoms with Crippen LogP contribution in [0.15, 0.2) is 0 Å². The summed E-state index contributed by atoms with van der Waals surface area (Å²) in [7, 11) is 0. The van der Waals surface area contributed by atoms with Crippen LogP contribution in [0.1, 0.15) is 13.8 Å². The summed E-state index contributed by atoms with van der Waals surface area (Å²) in [6, 6.07) is 0. The molecule has 0 atom stereocenters. The van der Waals surface area contributed by atoms with Crippen LogP contribution in [0.4, 0.5) is 13.2 Å². The van der Waals surface area contributed by atoms with Crippen LogP contribution in [-0.4, -0.2) is 36.6 Å². The number of alkyl halides is 4. The highest BCUT2D eigenvalue weighted by Crippen LogP contribution is 2.17. The summed E-state index contributed by atoms with van der Waals surface area (Å²) in [6.45, 7) is 3.64. The molecule has 0 aromatic carbocycles. The fraction of sp³-hybridized carbons (Fsp3) is 1.00. The van der Waals surface area contributed by atoms with Crippen molar-refractivity contribution in [3.8, 4) is 0 Å². The van der Waals surface area contributed by atoms with Crippen LogP contribution in [0.5, 0.6) is 0 Å². The molecule has 0 saturated carbocycles. The predicted octanol–water partition coefficient (Wildman–Crippen LogP) is 2.75. The molecule has 0 N–H and O–H groups in total. The van der Waals surface area contributed by atoms with E-state index in [4.69, 9.17) is 11.6 Å². The normalized spacial score (nSPS) is 12.9.